The van der Waals surface area contributed by atoms with Crippen molar-refractivity contribution in [3.63, 3.8) is 0 Å². The van der Waals surface area contributed by atoms with Crippen LogP contribution in [0.4, 0.5) is 4.79 Å². The Morgan fingerprint density at radius 3 is 2.11 bits per heavy atom. The summed E-state index contributed by atoms with van der Waals surface area (Å²) in [6.45, 7) is 19.6. The van der Waals surface area contributed by atoms with Crippen molar-refractivity contribution in [2.45, 2.75) is 105 Å². The number of hydrogen-bond donors (Lipinski definition) is 0. The summed E-state index contributed by atoms with van der Waals surface area (Å²) in [5.41, 5.74) is -0.316. The highest BCUT2D eigenvalue weighted by Crippen LogP contribution is 2.38. The molecule has 0 saturated carbocycles. The second kappa shape index (κ2) is 9.07. The molecule has 194 valence electrons. The average molecular weight is 551 g/mol. The first-order valence-electron chi connectivity index (χ1n) is 12.2. The largest absolute Gasteiger partial charge is 0.495 e. The lowest BCUT2D eigenvalue weighted by Gasteiger charge is -2.39. The lowest BCUT2D eigenvalue weighted by molar-refractivity contribution is -0.129. The molecule has 0 aliphatic carbocycles. The van der Waals surface area contributed by atoms with Gasteiger partial charge in [0.05, 0.1) is 11.2 Å². The van der Waals surface area contributed by atoms with E-state index in [0.717, 1.165) is 15.5 Å². The van der Waals surface area contributed by atoms with Gasteiger partial charge in [-0.25, -0.2) is 4.79 Å². The standard InChI is InChI=1S/C26H40BBrN2O5/c1-23(2,3)21-29(11)20(31)19(30(21)22(32)33-24(4,5)6)14-16-12-13-17(28)15-18(16)27-34-25(7,8)26(9,10)35-27/h12-13,15,19,21H,14H2,1-11H3/t19-,21-/m0/s1. The predicted octanol–water partition coefficient (Wildman–Crippen LogP) is 4.74. The number of amides is 2. The number of nitrogens with zero attached hydrogens (tertiary/aromatic N) is 2. The number of likely N-dealkylation sites (N-methyl/N-ethyl adjacent to an activating group) is 1. The van der Waals surface area contributed by atoms with Crippen LogP contribution in [0, 0.1) is 5.41 Å². The molecule has 3 rings (SSSR count). The number of halogens is 1. The minimum absolute atomic E-state index is 0.112. The van der Waals surface area contributed by atoms with Gasteiger partial charge in [-0.15, -0.1) is 0 Å². The van der Waals surface area contributed by atoms with Gasteiger partial charge in [-0.3, -0.25) is 9.69 Å². The van der Waals surface area contributed by atoms with Crippen LogP contribution in [-0.4, -0.2) is 65.0 Å². The summed E-state index contributed by atoms with van der Waals surface area (Å²) in [5.74, 6) is -0.112. The van der Waals surface area contributed by atoms with Gasteiger partial charge in [-0.05, 0) is 71.6 Å². The van der Waals surface area contributed by atoms with Gasteiger partial charge in [0.15, 0.2) is 0 Å². The number of carbonyl (C=O) groups excluding carboxylic acids is 2. The SMILES string of the molecule is CN1C(=O)[C@H](Cc2ccc(Br)cc2B2OC(C)(C)C(C)(C)O2)N(C(=O)OC(C)(C)C)[C@H]1C(C)(C)C. The summed E-state index contributed by atoms with van der Waals surface area (Å²) in [5, 5.41) is 0. The number of benzene rings is 1. The Kier molecular flexibility index (Phi) is 7.25. The molecule has 0 spiro atoms. The van der Waals surface area contributed by atoms with Gasteiger partial charge in [0.1, 0.15) is 17.8 Å². The lowest BCUT2D eigenvalue weighted by Crippen LogP contribution is -2.52. The molecule has 0 N–H and O–H groups in total. The summed E-state index contributed by atoms with van der Waals surface area (Å²) < 4.78 is 19.3. The molecule has 1 aromatic rings. The Morgan fingerprint density at radius 2 is 1.63 bits per heavy atom. The fourth-order valence-corrected chi connectivity index (χ4v) is 5.09. The molecule has 7 nitrogen and oxygen atoms in total. The van der Waals surface area contributed by atoms with Crippen molar-refractivity contribution in [2.24, 2.45) is 5.41 Å². The fraction of sp³-hybridized carbons (Fsp3) is 0.692. The molecule has 0 radical (unpaired) electrons. The summed E-state index contributed by atoms with van der Waals surface area (Å²) in [4.78, 5) is 30.3. The van der Waals surface area contributed by atoms with E-state index in [9.17, 15) is 9.59 Å². The second-order valence-corrected chi connectivity index (χ2v) is 13.6. The smallest absolute Gasteiger partial charge is 0.444 e. The Balaban J connectivity index is 2.03. The molecule has 35 heavy (non-hydrogen) atoms. The first-order chi connectivity index (χ1) is 15.7. The molecule has 2 amide bonds. The normalized spacial score (nSPS) is 24.3. The van der Waals surface area contributed by atoms with Crippen molar-refractivity contribution in [1.82, 2.24) is 9.80 Å². The van der Waals surface area contributed by atoms with E-state index in [1.165, 1.54) is 0 Å². The van der Waals surface area contributed by atoms with Gasteiger partial charge >= 0.3 is 13.2 Å². The Labute approximate surface area is 219 Å². The first kappa shape index (κ1) is 28.0. The van der Waals surface area contributed by atoms with Gasteiger partial charge < -0.3 is 18.9 Å². The topological polar surface area (TPSA) is 68.3 Å². The van der Waals surface area contributed by atoms with Crippen molar-refractivity contribution < 1.29 is 23.6 Å². The third kappa shape index (κ3) is 5.57. The summed E-state index contributed by atoms with van der Waals surface area (Å²) in [7, 11) is 1.17. The Morgan fingerprint density at radius 1 is 1.09 bits per heavy atom. The molecule has 0 unspecified atom stereocenters. The number of ether oxygens (including phenoxy) is 1. The molecule has 2 saturated heterocycles. The molecule has 2 fully saturated rings. The van der Waals surface area contributed by atoms with Crippen LogP contribution in [0.1, 0.15) is 74.8 Å². The van der Waals surface area contributed by atoms with Crippen molar-refractivity contribution in [3.05, 3.63) is 28.2 Å². The maximum absolute atomic E-state index is 13.6. The monoisotopic (exact) mass is 550 g/mol. The van der Waals surface area contributed by atoms with Crippen LogP contribution in [0.15, 0.2) is 22.7 Å². The fourth-order valence-electron chi connectivity index (χ4n) is 4.71. The highest BCUT2D eigenvalue weighted by Gasteiger charge is 2.54. The molecule has 2 aliphatic rings. The van der Waals surface area contributed by atoms with E-state index in [2.05, 4.69) is 15.9 Å². The van der Waals surface area contributed by atoms with Gasteiger partial charge in [-0.1, -0.05) is 42.8 Å². The zero-order valence-corrected chi connectivity index (χ0v) is 24.6. The molecule has 2 atom stereocenters. The zero-order valence-electron chi connectivity index (χ0n) is 23.0. The van der Waals surface area contributed by atoms with E-state index in [1.807, 2.05) is 87.4 Å². The molecule has 2 heterocycles. The van der Waals surface area contributed by atoms with Crippen LogP contribution in [0.3, 0.4) is 0 Å². The van der Waals surface area contributed by atoms with Crippen LogP contribution in [0.25, 0.3) is 0 Å². The van der Waals surface area contributed by atoms with Crippen molar-refractivity contribution in [1.29, 1.82) is 0 Å². The van der Waals surface area contributed by atoms with E-state index in [4.69, 9.17) is 14.0 Å². The van der Waals surface area contributed by atoms with Crippen LogP contribution in [0.2, 0.25) is 0 Å². The lowest BCUT2D eigenvalue weighted by atomic mass is 9.74. The first-order valence-corrected chi connectivity index (χ1v) is 13.0. The molecule has 1 aromatic carbocycles. The number of hydrogen-bond acceptors (Lipinski definition) is 5. The predicted molar refractivity (Wildman–Crippen MR) is 141 cm³/mol. The van der Waals surface area contributed by atoms with Crippen molar-refractivity contribution >= 4 is 40.5 Å². The quantitative estimate of drug-likeness (QED) is 0.508. The Bertz CT molecular complexity index is 982. The Hall–Kier alpha value is -1.58. The van der Waals surface area contributed by atoms with Gasteiger partial charge in [0.25, 0.3) is 0 Å². The van der Waals surface area contributed by atoms with E-state index in [1.54, 1.807) is 16.8 Å². The summed E-state index contributed by atoms with van der Waals surface area (Å²) in [6, 6.07) is 5.17. The van der Waals surface area contributed by atoms with Crippen LogP contribution in [-0.2, 0) is 25.3 Å². The molecular formula is C26H40BBrN2O5. The third-order valence-electron chi connectivity index (χ3n) is 7.01. The van der Waals surface area contributed by atoms with Crippen molar-refractivity contribution in [3.8, 4) is 0 Å². The van der Waals surface area contributed by atoms with Gasteiger partial charge in [0.2, 0.25) is 5.91 Å². The second-order valence-electron chi connectivity index (χ2n) is 12.7. The maximum atomic E-state index is 13.6. The van der Waals surface area contributed by atoms with E-state index < -0.39 is 42.2 Å². The van der Waals surface area contributed by atoms with Crippen LogP contribution >= 0.6 is 15.9 Å². The zero-order chi connectivity index (χ0) is 26.7. The van der Waals surface area contributed by atoms with E-state index in [0.29, 0.717) is 6.42 Å². The highest BCUT2D eigenvalue weighted by atomic mass is 79.9. The molecule has 2 aliphatic heterocycles. The van der Waals surface area contributed by atoms with Crippen molar-refractivity contribution in [2.75, 3.05) is 7.05 Å². The van der Waals surface area contributed by atoms with E-state index in [-0.39, 0.29) is 11.3 Å². The van der Waals surface area contributed by atoms with Crippen LogP contribution < -0.4 is 5.46 Å². The number of carbonyl (C=O) groups is 2. The van der Waals surface area contributed by atoms with Gasteiger partial charge in [-0.2, -0.15) is 0 Å². The van der Waals surface area contributed by atoms with Crippen LogP contribution in [0.5, 0.6) is 0 Å². The van der Waals surface area contributed by atoms with Gasteiger partial charge in [0, 0.05) is 23.4 Å². The third-order valence-corrected chi connectivity index (χ3v) is 7.50. The maximum Gasteiger partial charge on any atom is 0.495 e. The minimum atomic E-state index is -0.707. The number of rotatable bonds is 3. The molecular weight excluding hydrogens is 511 g/mol. The molecule has 0 aromatic heterocycles. The summed E-state index contributed by atoms with van der Waals surface area (Å²) >= 11 is 3.57. The molecule has 0 bridgehead atoms. The van der Waals surface area contributed by atoms with E-state index >= 15 is 0 Å². The minimum Gasteiger partial charge on any atom is -0.444 e. The summed E-state index contributed by atoms with van der Waals surface area (Å²) in [6.07, 6.45) is -0.609. The highest BCUT2D eigenvalue weighted by molar-refractivity contribution is 9.10. The molecule has 9 heteroatoms. The average Bonchev–Trinajstić information content (AvgIpc) is 3.04.